The fraction of sp³-hybridized carbons (Fsp3) is 0.167. The highest BCUT2D eigenvalue weighted by molar-refractivity contribution is 7.99. The van der Waals surface area contributed by atoms with Gasteiger partial charge in [0.25, 0.3) is 0 Å². The van der Waals surface area contributed by atoms with E-state index in [9.17, 15) is 4.79 Å². The van der Waals surface area contributed by atoms with E-state index in [-0.39, 0.29) is 11.7 Å². The van der Waals surface area contributed by atoms with E-state index in [0.29, 0.717) is 17.5 Å². The molecule has 0 radical (unpaired) electrons. The van der Waals surface area contributed by atoms with Gasteiger partial charge in [-0.3, -0.25) is 9.89 Å². The molecule has 1 aromatic heterocycles. The Bertz CT molecular complexity index is 840. The summed E-state index contributed by atoms with van der Waals surface area (Å²) in [7, 11) is 0. The Labute approximate surface area is 165 Å². The minimum absolute atomic E-state index is 0.0298. The van der Waals surface area contributed by atoms with Gasteiger partial charge in [0.1, 0.15) is 0 Å². The molecule has 26 heavy (non-hydrogen) atoms. The van der Waals surface area contributed by atoms with Gasteiger partial charge >= 0.3 is 0 Å². The maximum Gasteiger partial charge on any atom is 0.230 e. The number of hydrogen-bond acceptors (Lipinski definition) is 5. The summed E-state index contributed by atoms with van der Waals surface area (Å²) in [6.07, 6.45) is 0. The fourth-order valence-electron chi connectivity index (χ4n) is 2.11. The lowest BCUT2D eigenvalue weighted by molar-refractivity contribution is -0.118. The highest BCUT2D eigenvalue weighted by Crippen LogP contribution is 2.20. The Balaban J connectivity index is 1.36. The number of carbonyl (C=O) groups is 1. The number of aromatic amines is 1. The van der Waals surface area contributed by atoms with Gasteiger partial charge in [-0.1, -0.05) is 53.7 Å². The maximum atomic E-state index is 11.9. The number of carbonyl (C=O) groups excluding carboxylic acids is 1. The molecular formula is C18H17ClN4OS2. The summed E-state index contributed by atoms with van der Waals surface area (Å²) < 4.78 is 0. The highest BCUT2D eigenvalue weighted by Gasteiger charge is 2.08. The third kappa shape index (κ3) is 5.79. The van der Waals surface area contributed by atoms with Gasteiger partial charge in [-0.2, -0.15) is 0 Å². The van der Waals surface area contributed by atoms with Crippen LogP contribution >= 0.6 is 35.1 Å². The van der Waals surface area contributed by atoms with Crippen LogP contribution < -0.4 is 5.32 Å². The summed E-state index contributed by atoms with van der Waals surface area (Å²) in [6, 6.07) is 17.4. The summed E-state index contributed by atoms with van der Waals surface area (Å²) in [4.78, 5) is 17.5. The van der Waals surface area contributed by atoms with Crippen molar-refractivity contribution in [2.45, 2.75) is 10.1 Å². The predicted octanol–water partition coefficient (Wildman–Crippen LogP) is 4.13. The topological polar surface area (TPSA) is 70.7 Å². The highest BCUT2D eigenvalue weighted by atomic mass is 35.5. The molecule has 2 aromatic carbocycles. The van der Waals surface area contributed by atoms with E-state index in [0.717, 1.165) is 21.2 Å². The number of amides is 1. The van der Waals surface area contributed by atoms with Crippen LogP contribution in [0.3, 0.4) is 0 Å². The smallest absolute Gasteiger partial charge is 0.230 e. The van der Waals surface area contributed by atoms with E-state index in [4.69, 9.17) is 11.6 Å². The van der Waals surface area contributed by atoms with Crippen LogP contribution in [-0.2, 0) is 4.79 Å². The lowest BCUT2D eigenvalue weighted by Crippen LogP contribution is -2.27. The zero-order valence-corrected chi connectivity index (χ0v) is 16.2. The van der Waals surface area contributed by atoms with Crippen molar-refractivity contribution in [1.29, 1.82) is 0 Å². The number of halogens is 1. The van der Waals surface area contributed by atoms with Crippen molar-refractivity contribution < 1.29 is 4.79 Å². The van der Waals surface area contributed by atoms with Gasteiger partial charge in [0.2, 0.25) is 11.1 Å². The number of hydrogen-bond donors (Lipinski definition) is 2. The number of rotatable bonds is 8. The molecule has 8 heteroatoms. The molecule has 1 heterocycles. The molecule has 0 aliphatic carbocycles. The van der Waals surface area contributed by atoms with Crippen molar-refractivity contribution in [3.8, 4) is 11.4 Å². The van der Waals surface area contributed by atoms with Crippen molar-refractivity contribution in [2.24, 2.45) is 0 Å². The van der Waals surface area contributed by atoms with Crippen molar-refractivity contribution in [2.75, 3.05) is 18.1 Å². The largest absolute Gasteiger partial charge is 0.355 e. The zero-order valence-electron chi connectivity index (χ0n) is 13.8. The Hall–Kier alpha value is -1.96. The molecule has 5 nitrogen and oxygen atoms in total. The average molecular weight is 405 g/mol. The quantitative estimate of drug-likeness (QED) is 0.436. The molecule has 3 rings (SSSR count). The first kappa shape index (κ1) is 18.8. The van der Waals surface area contributed by atoms with E-state index < -0.39 is 0 Å². The number of H-pyrrole nitrogens is 1. The van der Waals surface area contributed by atoms with Crippen molar-refractivity contribution in [3.63, 3.8) is 0 Å². The van der Waals surface area contributed by atoms with Crippen LogP contribution in [0.4, 0.5) is 0 Å². The van der Waals surface area contributed by atoms with Gasteiger partial charge < -0.3 is 5.32 Å². The van der Waals surface area contributed by atoms with Gasteiger partial charge in [0, 0.05) is 27.8 Å². The Morgan fingerprint density at radius 3 is 2.62 bits per heavy atom. The van der Waals surface area contributed by atoms with E-state index in [1.54, 1.807) is 11.8 Å². The van der Waals surface area contributed by atoms with Gasteiger partial charge in [0.05, 0.1) is 5.75 Å². The number of thioether (sulfide) groups is 2. The normalized spacial score (nSPS) is 10.7. The van der Waals surface area contributed by atoms with E-state index >= 15 is 0 Å². The molecule has 0 spiro atoms. The first-order valence-electron chi connectivity index (χ1n) is 7.96. The van der Waals surface area contributed by atoms with Gasteiger partial charge in [-0.05, 0) is 24.3 Å². The SMILES string of the molecule is O=C(CSc1n[nH]c(-c2ccccc2)n1)NCCSc1ccc(Cl)cc1. The van der Waals surface area contributed by atoms with E-state index in [1.807, 2.05) is 54.6 Å². The summed E-state index contributed by atoms with van der Waals surface area (Å²) in [5.41, 5.74) is 0.968. The molecule has 0 saturated carbocycles. The predicted molar refractivity (Wildman–Crippen MR) is 108 cm³/mol. The Kier molecular flexibility index (Phi) is 6.99. The summed E-state index contributed by atoms with van der Waals surface area (Å²) >= 11 is 8.84. The van der Waals surface area contributed by atoms with Crippen LogP contribution in [0.5, 0.6) is 0 Å². The monoisotopic (exact) mass is 404 g/mol. The molecular weight excluding hydrogens is 388 g/mol. The molecule has 0 saturated heterocycles. The molecule has 0 bridgehead atoms. The second-order valence-electron chi connectivity index (χ2n) is 5.27. The molecule has 2 N–H and O–H groups in total. The lowest BCUT2D eigenvalue weighted by Gasteiger charge is -2.04. The van der Waals surface area contributed by atoms with Crippen LogP contribution in [0.15, 0.2) is 64.6 Å². The number of aromatic nitrogens is 3. The average Bonchev–Trinajstić information content (AvgIpc) is 3.15. The van der Waals surface area contributed by atoms with Crippen LogP contribution in [-0.4, -0.2) is 39.1 Å². The minimum Gasteiger partial charge on any atom is -0.355 e. The Morgan fingerprint density at radius 2 is 1.85 bits per heavy atom. The van der Waals surface area contributed by atoms with Gasteiger partial charge in [0.15, 0.2) is 5.82 Å². The van der Waals surface area contributed by atoms with Gasteiger partial charge in [-0.25, -0.2) is 4.98 Å². The van der Waals surface area contributed by atoms with E-state index in [1.165, 1.54) is 11.8 Å². The van der Waals surface area contributed by atoms with E-state index in [2.05, 4.69) is 20.5 Å². The zero-order chi connectivity index (χ0) is 18.2. The molecule has 0 aliphatic heterocycles. The molecule has 3 aromatic rings. The summed E-state index contributed by atoms with van der Waals surface area (Å²) in [5, 5.41) is 11.2. The summed E-state index contributed by atoms with van der Waals surface area (Å²) in [6.45, 7) is 0.607. The lowest BCUT2D eigenvalue weighted by atomic mass is 10.2. The second kappa shape index (κ2) is 9.66. The van der Waals surface area contributed by atoms with Gasteiger partial charge in [-0.15, -0.1) is 16.9 Å². The van der Waals surface area contributed by atoms with Crippen molar-refractivity contribution in [1.82, 2.24) is 20.5 Å². The second-order valence-corrected chi connectivity index (χ2v) is 7.82. The minimum atomic E-state index is -0.0298. The fourth-order valence-corrected chi connectivity index (χ4v) is 3.63. The standard InChI is InChI=1S/C18H17ClN4OS2/c19-14-6-8-15(9-7-14)25-11-10-20-16(24)12-26-18-21-17(22-23-18)13-4-2-1-3-5-13/h1-9H,10-12H2,(H,20,24)(H,21,22,23). The first-order chi connectivity index (χ1) is 12.7. The third-order valence-electron chi connectivity index (χ3n) is 3.35. The van der Waals surface area contributed by atoms with Crippen LogP contribution in [0, 0.1) is 0 Å². The number of benzene rings is 2. The summed E-state index contributed by atoms with van der Waals surface area (Å²) in [5.74, 6) is 1.76. The number of nitrogens with one attached hydrogen (secondary N) is 2. The molecule has 134 valence electrons. The molecule has 0 atom stereocenters. The Morgan fingerprint density at radius 1 is 1.08 bits per heavy atom. The molecule has 1 amide bonds. The maximum absolute atomic E-state index is 11.9. The third-order valence-corrected chi connectivity index (χ3v) is 5.46. The van der Waals surface area contributed by atoms with Crippen molar-refractivity contribution >= 4 is 41.0 Å². The van der Waals surface area contributed by atoms with Crippen LogP contribution in [0.25, 0.3) is 11.4 Å². The number of nitrogens with zero attached hydrogens (tertiary/aromatic N) is 2. The molecule has 0 fully saturated rings. The van der Waals surface area contributed by atoms with Crippen LogP contribution in [0.1, 0.15) is 0 Å². The molecule has 0 unspecified atom stereocenters. The first-order valence-corrected chi connectivity index (χ1v) is 10.3. The van der Waals surface area contributed by atoms with Crippen molar-refractivity contribution in [3.05, 3.63) is 59.6 Å². The van der Waals surface area contributed by atoms with Crippen LogP contribution in [0.2, 0.25) is 5.02 Å². The molecule has 0 aliphatic rings.